The summed E-state index contributed by atoms with van der Waals surface area (Å²) >= 11 is 5.53. The molecule has 0 aliphatic heterocycles. The lowest BCUT2D eigenvalue weighted by Gasteiger charge is -2.19. The molecule has 0 atom stereocenters. The third-order valence-electron chi connectivity index (χ3n) is 1.88. The van der Waals surface area contributed by atoms with E-state index in [-0.39, 0.29) is 5.97 Å². The van der Waals surface area contributed by atoms with Gasteiger partial charge in [-0.3, -0.25) is 0 Å². The molecular weight excluding hydrogens is 355 g/mol. The van der Waals surface area contributed by atoms with Crippen molar-refractivity contribution >= 4 is 60.6 Å². The summed E-state index contributed by atoms with van der Waals surface area (Å²) in [5, 5.41) is 5.00. The van der Waals surface area contributed by atoms with Gasteiger partial charge in [0.15, 0.2) is 0 Å². The van der Waals surface area contributed by atoms with Crippen molar-refractivity contribution in [2.45, 2.75) is 26.4 Å². The molecule has 0 aromatic carbocycles. The molecule has 0 bridgehead atoms. The fourth-order valence-electron chi connectivity index (χ4n) is 1.30. The van der Waals surface area contributed by atoms with Crippen LogP contribution in [0.5, 0.6) is 0 Å². The molecule has 0 aliphatic carbocycles. The van der Waals surface area contributed by atoms with E-state index in [0.717, 1.165) is 8.96 Å². The maximum atomic E-state index is 12.0. The smallest absolute Gasteiger partial charge is 0.340 e. The largest absolute Gasteiger partial charge is 0.456 e. The van der Waals surface area contributed by atoms with Gasteiger partial charge in [-0.1, -0.05) is 0 Å². The molecule has 0 amide bonds. The first-order chi connectivity index (χ1) is 7.38. The summed E-state index contributed by atoms with van der Waals surface area (Å²) in [4.78, 5) is 12.0. The van der Waals surface area contributed by atoms with Crippen LogP contribution in [0.4, 0.5) is 0 Å². The van der Waals surface area contributed by atoms with E-state index in [0.29, 0.717) is 5.56 Å². The maximum Gasteiger partial charge on any atom is 0.340 e. The van der Waals surface area contributed by atoms with Crippen molar-refractivity contribution in [3.05, 3.63) is 19.9 Å². The van der Waals surface area contributed by atoms with E-state index in [4.69, 9.17) is 4.74 Å². The Kier molecular flexibility index (Phi) is 3.29. The molecule has 2 rings (SSSR count). The van der Waals surface area contributed by atoms with Crippen LogP contribution in [0.1, 0.15) is 31.1 Å². The summed E-state index contributed by atoms with van der Waals surface area (Å²) in [5.41, 5.74) is 0.257. The summed E-state index contributed by atoms with van der Waals surface area (Å²) in [7, 11) is 0. The standard InChI is InChI=1S/C11H11IO2S2/c1-11(2,3)14-9(13)6-4-15-10-8(6)7(12)5-16-10/h4-5H,1-3H3. The minimum absolute atomic E-state index is 0.227. The van der Waals surface area contributed by atoms with Gasteiger partial charge in [-0.15, -0.1) is 22.7 Å². The average molecular weight is 366 g/mol. The molecule has 0 unspecified atom stereocenters. The van der Waals surface area contributed by atoms with E-state index in [1.54, 1.807) is 22.7 Å². The Labute approximate surface area is 116 Å². The number of rotatable bonds is 1. The van der Waals surface area contributed by atoms with Crippen molar-refractivity contribution in [1.82, 2.24) is 0 Å². The van der Waals surface area contributed by atoms with Gasteiger partial charge in [0, 0.05) is 19.7 Å². The van der Waals surface area contributed by atoms with Gasteiger partial charge in [-0.05, 0) is 43.4 Å². The first-order valence-electron chi connectivity index (χ1n) is 4.76. The molecule has 2 nitrogen and oxygen atoms in total. The highest BCUT2D eigenvalue weighted by Gasteiger charge is 2.22. The Morgan fingerprint density at radius 1 is 1.31 bits per heavy atom. The normalized spacial score (nSPS) is 12.0. The van der Waals surface area contributed by atoms with Crippen LogP contribution in [0.15, 0.2) is 10.8 Å². The Morgan fingerprint density at radius 2 is 1.94 bits per heavy atom. The lowest BCUT2D eigenvalue weighted by Crippen LogP contribution is -2.23. The SMILES string of the molecule is CC(C)(C)OC(=O)c1csc2scc(I)c12. The average Bonchev–Trinajstić information content (AvgIpc) is 2.66. The number of carbonyl (C=O) groups excluding carboxylic acids is 1. The van der Waals surface area contributed by atoms with Crippen molar-refractivity contribution < 1.29 is 9.53 Å². The lowest BCUT2D eigenvalue weighted by molar-refractivity contribution is 0.00723. The lowest BCUT2D eigenvalue weighted by atomic mass is 10.2. The highest BCUT2D eigenvalue weighted by Crippen LogP contribution is 2.36. The van der Waals surface area contributed by atoms with E-state index in [9.17, 15) is 4.79 Å². The Bertz CT molecular complexity index is 534. The van der Waals surface area contributed by atoms with Gasteiger partial charge in [-0.2, -0.15) is 0 Å². The van der Waals surface area contributed by atoms with Crippen LogP contribution in [0.2, 0.25) is 0 Å². The molecule has 0 N–H and O–H groups in total. The predicted octanol–water partition coefficient (Wildman–Crippen LogP) is 4.52. The zero-order valence-electron chi connectivity index (χ0n) is 9.17. The fourth-order valence-corrected chi connectivity index (χ4v) is 4.56. The molecule has 2 heterocycles. The summed E-state index contributed by atoms with van der Waals surface area (Å²) in [6.45, 7) is 5.65. The van der Waals surface area contributed by atoms with E-state index >= 15 is 0 Å². The first kappa shape index (κ1) is 12.3. The third-order valence-corrected chi connectivity index (χ3v) is 5.28. The zero-order valence-corrected chi connectivity index (χ0v) is 13.0. The third kappa shape index (κ3) is 2.41. The number of halogens is 1. The van der Waals surface area contributed by atoms with Crippen molar-refractivity contribution in [3.8, 4) is 0 Å². The summed E-state index contributed by atoms with van der Waals surface area (Å²) in [6.07, 6.45) is 0. The molecule has 0 aliphatic rings. The first-order valence-corrected chi connectivity index (χ1v) is 7.60. The molecule has 16 heavy (non-hydrogen) atoms. The summed E-state index contributed by atoms with van der Waals surface area (Å²) in [6, 6.07) is 0. The minimum atomic E-state index is -0.438. The number of fused-ring (bicyclic) bond motifs is 1. The van der Waals surface area contributed by atoms with Crippen molar-refractivity contribution in [2.75, 3.05) is 0 Å². The quantitative estimate of drug-likeness (QED) is 0.548. The molecule has 0 radical (unpaired) electrons. The van der Waals surface area contributed by atoms with Gasteiger partial charge < -0.3 is 4.74 Å². The molecule has 86 valence electrons. The van der Waals surface area contributed by atoms with Gasteiger partial charge in [0.2, 0.25) is 0 Å². The van der Waals surface area contributed by atoms with Crippen molar-refractivity contribution in [1.29, 1.82) is 0 Å². The highest BCUT2D eigenvalue weighted by atomic mass is 127. The molecule has 2 aromatic rings. The molecule has 2 aromatic heterocycles. The molecule has 5 heteroatoms. The second-order valence-corrected chi connectivity index (χ2v) is 7.58. The number of hydrogen-bond acceptors (Lipinski definition) is 4. The molecular formula is C11H11IO2S2. The predicted molar refractivity (Wildman–Crippen MR) is 77.6 cm³/mol. The van der Waals surface area contributed by atoms with Crippen LogP contribution in [0, 0.1) is 3.57 Å². The van der Waals surface area contributed by atoms with E-state index in [1.807, 2.05) is 26.2 Å². The van der Waals surface area contributed by atoms with Gasteiger partial charge in [-0.25, -0.2) is 4.79 Å². The Balaban J connectivity index is 2.40. The summed E-state index contributed by atoms with van der Waals surface area (Å²) < 4.78 is 7.69. The van der Waals surface area contributed by atoms with E-state index in [2.05, 4.69) is 28.0 Å². The molecule has 0 saturated heterocycles. The topological polar surface area (TPSA) is 26.3 Å². The van der Waals surface area contributed by atoms with Crippen LogP contribution < -0.4 is 0 Å². The Hall–Kier alpha value is -0.140. The Morgan fingerprint density at radius 3 is 2.56 bits per heavy atom. The molecule has 0 saturated carbocycles. The zero-order chi connectivity index (χ0) is 11.9. The summed E-state index contributed by atoms with van der Waals surface area (Å²) in [5.74, 6) is -0.227. The number of esters is 1. The van der Waals surface area contributed by atoms with Gasteiger partial charge in [0.1, 0.15) is 5.60 Å². The van der Waals surface area contributed by atoms with Crippen LogP contribution >= 0.6 is 45.3 Å². The van der Waals surface area contributed by atoms with E-state index < -0.39 is 5.60 Å². The van der Waals surface area contributed by atoms with Crippen molar-refractivity contribution in [2.24, 2.45) is 0 Å². The van der Waals surface area contributed by atoms with Crippen LogP contribution in [0.3, 0.4) is 0 Å². The van der Waals surface area contributed by atoms with Gasteiger partial charge in [0.05, 0.1) is 9.58 Å². The highest BCUT2D eigenvalue weighted by molar-refractivity contribution is 14.1. The van der Waals surface area contributed by atoms with Crippen LogP contribution in [0.25, 0.3) is 9.40 Å². The van der Waals surface area contributed by atoms with E-state index in [1.165, 1.54) is 4.01 Å². The number of hydrogen-bond donors (Lipinski definition) is 0. The van der Waals surface area contributed by atoms with Gasteiger partial charge in [0.25, 0.3) is 0 Å². The monoisotopic (exact) mass is 366 g/mol. The second kappa shape index (κ2) is 4.27. The van der Waals surface area contributed by atoms with Crippen molar-refractivity contribution in [3.63, 3.8) is 0 Å². The molecule has 0 fully saturated rings. The fraction of sp³-hybridized carbons (Fsp3) is 0.364. The second-order valence-electron chi connectivity index (χ2n) is 4.40. The molecule has 0 spiro atoms. The minimum Gasteiger partial charge on any atom is -0.456 e. The number of ether oxygens (including phenoxy) is 1. The maximum absolute atomic E-state index is 12.0. The van der Waals surface area contributed by atoms with Crippen LogP contribution in [-0.4, -0.2) is 11.6 Å². The van der Waals surface area contributed by atoms with Gasteiger partial charge >= 0.3 is 5.97 Å². The van der Waals surface area contributed by atoms with Crippen LogP contribution in [-0.2, 0) is 4.74 Å². The number of carbonyl (C=O) groups is 1. The number of thiophene rings is 2.